The van der Waals surface area contributed by atoms with Crippen LogP contribution in [0.4, 0.5) is 33.2 Å². The molecular weight excluding hydrogens is 461 g/mol. The molecule has 8 nitrogen and oxygen atoms in total. The molecule has 1 saturated heterocycles. The summed E-state index contributed by atoms with van der Waals surface area (Å²) in [4.78, 5) is 19.8. The fourth-order valence-corrected chi connectivity index (χ4v) is 3.44. The number of carbonyl (C=O) groups excluding carboxylic acids is 1. The van der Waals surface area contributed by atoms with Gasteiger partial charge in [0.15, 0.2) is 11.6 Å². The number of carbonyl (C=O) groups is 1. The van der Waals surface area contributed by atoms with Crippen molar-refractivity contribution in [2.45, 2.75) is 6.42 Å². The first-order chi connectivity index (χ1) is 16.5. The van der Waals surface area contributed by atoms with Crippen LogP contribution in [0.3, 0.4) is 0 Å². The third-order valence-electron chi connectivity index (χ3n) is 5.01. The lowest BCUT2D eigenvalue weighted by Crippen LogP contribution is -2.12. The zero-order chi connectivity index (χ0) is 23.9. The Hall–Kier alpha value is -3.69. The van der Waals surface area contributed by atoms with E-state index in [1.54, 1.807) is 42.5 Å². The van der Waals surface area contributed by atoms with Crippen molar-refractivity contribution in [1.82, 2.24) is 9.97 Å². The number of nitrogens with zero attached hydrogens (tertiary/aromatic N) is 2. The molecule has 1 aromatic heterocycles. The fraction of sp³-hybridized carbons (Fsp3) is 0.208. The van der Waals surface area contributed by atoms with E-state index in [0.717, 1.165) is 19.2 Å². The summed E-state index contributed by atoms with van der Waals surface area (Å²) >= 11 is 6.27. The summed E-state index contributed by atoms with van der Waals surface area (Å²) < 4.78 is 25.6. The predicted octanol–water partition coefficient (Wildman–Crippen LogP) is 5.30. The third kappa shape index (κ3) is 6.21. The molecule has 1 aliphatic heterocycles. The van der Waals surface area contributed by atoms with Crippen LogP contribution in [0.1, 0.15) is 6.42 Å². The van der Waals surface area contributed by atoms with Gasteiger partial charge in [-0.05, 0) is 42.8 Å². The van der Waals surface area contributed by atoms with Crippen molar-refractivity contribution < 1.29 is 18.7 Å². The monoisotopic (exact) mass is 483 g/mol. The van der Waals surface area contributed by atoms with Crippen LogP contribution in [-0.2, 0) is 9.53 Å². The fourth-order valence-electron chi connectivity index (χ4n) is 3.26. The molecule has 3 N–H and O–H groups in total. The topological polar surface area (TPSA) is 97.4 Å². The summed E-state index contributed by atoms with van der Waals surface area (Å²) in [5, 5.41) is 9.07. The Morgan fingerprint density at radius 3 is 2.85 bits per heavy atom. The number of amides is 1. The van der Waals surface area contributed by atoms with Gasteiger partial charge in [0, 0.05) is 35.7 Å². The van der Waals surface area contributed by atoms with Crippen LogP contribution < -0.4 is 20.7 Å². The summed E-state index contributed by atoms with van der Waals surface area (Å²) in [6.45, 7) is 5.35. The molecule has 1 amide bonds. The van der Waals surface area contributed by atoms with E-state index in [-0.39, 0.29) is 17.7 Å². The van der Waals surface area contributed by atoms with Crippen LogP contribution in [0.2, 0.25) is 5.02 Å². The Kier molecular flexibility index (Phi) is 7.56. The summed E-state index contributed by atoms with van der Waals surface area (Å²) in [7, 11) is 0. The number of aromatic nitrogens is 2. The van der Waals surface area contributed by atoms with E-state index < -0.39 is 5.82 Å². The van der Waals surface area contributed by atoms with Gasteiger partial charge in [-0.2, -0.15) is 4.98 Å². The lowest BCUT2D eigenvalue weighted by Gasteiger charge is -2.14. The van der Waals surface area contributed by atoms with E-state index >= 15 is 0 Å². The van der Waals surface area contributed by atoms with Gasteiger partial charge in [0.2, 0.25) is 11.9 Å². The maximum atomic E-state index is 14.4. The van der Waals surface area contributed by atoms with Crippen molar-refractivity contribution in [3.63, 3.8) is 0 Å². The molecular formula is C24H23ClFN5O3. The van der Waals surface area contributed by atoms with Crippen LogP contribution in [-0.4, -0.2) is 35.7 Å². The zero-order valence-corrected chi connectivity index (χ0v) is 18.9. The SMILES string of the molecule is C=CC(=O)Nc1cccc(Nc2nc(Nc3ccc(Cl)c(OCC4CCOC4)c3)ncc2F)c1. The molecule has 1 unspecified atom stereocenters. The van der Waals surface area contributed by atoms with Gasteiger partial charge >= 0.3 is 0 Å². The van der Waals surface area contributed by atoms with Gasteiger partial charge < -0.3 is 25.4 Å². The largest absolute Gasteiger partial charge is 0.492 e. The highest BCUT2D eigenvalue weighted by atomic mass is 35.5. The molecule has 3 aromatic rings. The summed E-state index contributed by atoms with van der Waals surface area (Å²) in [6.07, 6.45) is 3.19. The molecule has 1 atom stereocenters. The number of benzene rings is 2. The first-order valence-electron chi connectivity index (χ1n) is 10.6. The van der Waals surface area contributed by atoms with Gasteiger partial charge in [-0.1, -0.05) is 24.2 Å². The average molecular weight is 484 g/mol. The molecule has 0 bridgehead atoms. The van der Waals surface area contributed by atoms with Crippen molar-refractivity contribution in [2.75, 3.05) is 35.8 Å². The summed E-state index contributed by atoms with van der Waals surface area (Å²) in [6, 6.07) is 12.0. The standard InChI is InChI=1S/C24H23ClFN5O3/c1-2-22(32)28-16-4-3-5-17(10-16)29-23-20(26)12-27-24(31-23)30-18-6-7-19(25)21(11-18)34-14-15-8-9-33-13-15/h2-7,10-12,15H,1,8-9,13-14H2,(H,28,32)(H2,27,29,30,31). The van der Waals surface area contributed by atoms with E-state index in [1.165, 1.54) is 6.08 Å². The van der Waals surface area contributed by atoms with Gasteiger partial charge in [0.05, 0.1) is 24.4 Å². The van der Waals surface area contributed by atoms with Crippen LogP contribution in [0.15, 0.2) is 61.3 Å². The molecule has 0 spiro atoms. The Labute approximate surface area is 201 Å². The second kappa shape index (κ2) is 11.0. The van der Waals surface area contributed by atoms with Crippen LogP contribution in [0.5, 0.6) is 5.75 Å². The van der Waals surface area contributed by atoms with Crippen molar-refractivity contribution in [1.29, 1.82) is 0 Å². The second-order valence-electron chi connectivity index (χ2n) is 7.60. The number of ether oxygens (including phenoxy) is 2. The van der Waals surface area contributed by atoms with Crippen molar-refractivity contribution >= 4 is 46.3 Å². The van der Waals surface area contributed by atoms with Crippen LogP contribution in [0, 0.1) is 11.7 Å². The van der Waals surface area contributed by atoms with Gasteiger partial charge in [0.25, 0.3) is 0 Å². The minimum absolute atomic E-state index is 0.0311. The van der Waals surface area contributed by atoms with Crippen molar-refractivity contribution in [2.24, 2.45) is 5.92 Å². The molecule has 0 saturated carbocycles. The molecule has 4 rings (SSSR count). The Morgan fingerprint density at radius 2 is 2.06 bits per heavy atom. The number of hydrogen-bond acceptors (Lipinski definition) is 7. The van der Waals surface area contributed by atoms with Gasteiger partial charge in [-0.25, -0.2) is 9.37 Å². The predicted molar refractivity (Wildman–Crippen MR) is 130 cm³/mol. The van der Waals surface area contributed by atoms with E-state index in [1.807, 2.05) is 0 Å². The maximum Gasteiger partial charge on any atom is 0.247 e. The van der Waals surface area contributed by atoms with E-state index in [9.17, 15) is 9.18 Å². The number of rotatable bonds is 9. The highest BCUT2D eigenvalue weighted by Crippen LogP contribution is 2.30. The Bertz CT molecular complexity index is 1190. The number of halogens is 2. The molecule has 2 aromatic carbocycles. The molecule has 176 valence electrons. The summed E-state index contributed by atoms with van der Waals surface area (Å²) in [5.41, 5.74) is 1.69. The maximum absolute atomic E-state index is 14.4. The van der Waals surface area contributed by atoms with E-state index in [0.29, 0.717) is 47.0 Å². The normalized spacial score (nSPS) is 14.9. The smallest absolute Gasteiger partial charge is 0.247 e. The highest BCUT2D eigenvalue weighted by Gasteiger charge is 2.17. The van der Waals surface area contributed by atoms with Crippen LogP contribution >= 0.6 is 11.6 Å². The van der Waals surface area contributed by atoms with Gasteiger partial charge in [-0.3, -0.25) is 4.79 Å². The first-order valence-corrected chi connectivity index (χ1v) is 11.0. The molecule has 1 aliphatic rings. The first kappa shape index (κ1) is 23.5. The molecule has 1 fully saturated rings. The average Bonchev–Trinajstić information content (AvgIpc) is 3.35. The molecule has 0 aliphatic carbocycles. The van der Waals surface area contributed by atoms with Crippen molar-refractivity contribution in [3.05, 3.63) is 72.2 Å². The van der Waals surface area contributed by atoms with Gasteiger partial charge in [0.1, 0.15) is 5.75 Å². The van der Waals surface area contributed by atoms with Crippen LogP contribution in [0.25, 0.3) is 0 Å². The minimum atomic E-state index is -0.634. The highest BCUT2D eigenvalue weighted by molar-refractivity contribution is 6.32. The van der Waals surface area contributed by atoms with E-state index in [4.69, 9.17) is 21.1 Å². The Balaban J connectivity index is 1.46. The Morgan fingerprint density at radius 1 is 1.24 bits per heavy atom. The quantitative estimate of drug-likeness (QED) is 0.355. The molecule has 34 heavy (non-hydrogen) atoms. The lowest BCUT2D eigenvalue weighted by molar-refractivity contribution is -0.111. The lowest BCUT2D eigenvalue weighted by atomic mass is 10.1. The van der Waals surface area contributed by atoms with Crippen molar-refractivity contribution in [3.8, 4) is 5.75 Å². The number of hydrogen-bond donors (Lipinski definition) is 3. The van der Waals surface area contributed by atoms with Gasteiger partial charge in [-0.15, -0.1) is 0 Å². The number of anilines is 5. The number of nitrogens with one attached hydrogen (secondary N) is 3. The summed E-state index contributed by atoms with van der Waals surface area (Å²) in [5.74, 6) is 0.0290. The molecule has 10 heteroatoms. The molecule has 0 radical (unpaired) electrons. The second-order valence-corrected chi connectivity index (χ2v) is 8.01. The minimum Gasteiger partial charge on any atom is -0.492 e. The third-order valence-corrected chi connectivity index (χ3v) is 5.32. The zero-order valence-electron chi connectivity index (χ0n) is 18.2. The van der Waals surface area contributed by atoms with E-state index in [2.05, 4.69) is 32.5 Å². The molecule has 2 heterocycles.